The Bertz CT molecular complexity index is 1220. The van der Waals surface area contributed by atoms with Crippen molar-refractivity contribution in [1.29, 1.82) is 0 Å². The van der Waals surface area contributed by atoms with Crippen molar-refractivity contribution in [2.24, 2.45) is 5.41 Å². The molecule has 1 spiro atoms. The molecule has 0 saturated carbocycles. The van der Waals surface area contributed by atoms with Gasteiger partial charge in [-0.05, 0) is 51.9 Å². The van der Waals surface area contributed by atoms with Crippen LogP contribution in [-0.4, -0.2) is 64.9 Å². The molecule has 2 fully saturated rings. The monoisotopic (exact) mass is 496 g/mol. The number of halogens is 1. The molecule has 1 atom stereocenters. The molecular formula is C25H29FN6O4. The minimum atomic E-state index is -1.47. The summed E-state index contributed by atoms with van der Waals surface area (Å²) in [6, 6.07) is 4.23. The van der Waals surface area contributed by atoms with Crippen LogP contribution in [0.1, 0.15) is 38.7 Å². The van der Waals surface area contributed by atoms with Crippen molar-refractivity contribution in [2.75, 3.05) is 36.5 Å². The first-order chi connectivity index (χ1) is 17.3. The third-order valence-electron chi connectivity index (χ3n) is 6.91. The number of hydrogen-bond acceptors (Lipinski definition) is 8. The van der Waals surface area contributed by atoms with E-state index in [1.165, 1.54) is 30.0 Å². The van der Waals surface area contributed by atoms with Crippen molar-refractivity contribution < 1.29 is 23.5 Å². The molecule has 36 heavy (non-hydrogen) atoms. The molecule has 3 aliphatic rings. The van der Waals surface area contributed by atoms with Crippen LogP contribution < -0.4 is 20.3 Å². The zero-order valence-corrected chi connectivity index (χ0v) is 20.3. The molecule has 3 aliphatic heterocycles. The second-order valence-corrected chi connectivity index (χ2v) is 9.79. The van der Waals surface area contributed by atoms with Gasteiger partial charge in [-0.15, -0.1) is 0 Å². The largest absolute Gasteiger partial charge is 0.489 e. The number of anilines is 3. The molecule has 10 nitrogen and oxygen atoms in total. The maximum Gasteiger partial charge on any atom is 0.244 e. The Morgan fingerprint density at radius 3 is 2.64 bits per heavy atom. The second-order valence-electron chi connectivity index (χ2n) is 9.79. The van der Waals surface area contributed by atoms with Gasteiger partial charge in [0.2, 0.25) is 23.7 Å². The van der Waals surface area contributed by atoms with Crippen LogP contribution >= 0.6 is 0 Å². The van der Waals surface area contributed by atoms with Gasteiger partial charge in [0.05, 0.1) is 6.42 Å². The molecule has 0 bridgehead atoms. The highest BCUT2D eigenvalue weighted by atomic mass is 19.1. The summed E-state index contributed by atoms with van der Waals surface area (Å²) >= 11 is 0. The highest BCUT2D eigenvalue weighted by molar-refractivity contribution is 6.22. The topological polar surface area (TPSA) is 117 Å². The standard InChI is InChI=1S/C25H29FN6O4/c1-15(2)32-21-16(12-25(23(32)35)13-20(33)29-22(25)34)14-27-24(30-21)28-17-5-6-19(18(26)11-17)36-10-9-31-7-3-4-8-31/h5-6,11,14-15H,3-4,7-10,12-13H2,1-2H3,(H,27,28,30)(H,29,33,34). The molecule has 4 heterocycles. The van der Waals surface area contributed by atoms with Crippen molar-refractivity contribution in [3.05, 3.63) is 35.8 Å². The molecule has 3 amide bonds. The lowest BCUT2D eigenvalue weighted by Gasteiger charge is -2.39. The molecule has 190 valence electrons. The maximum absolute atomic E-state index is 14.6. The molecule has 1 unspecified atom stereocenters. The molecule has 1 aromatic heterocycles. The van der Waals surface area contributed by atoms with E-state index in [1.807, 2.05) is 13.8 Å². The summed E-state index contributed by atoms with van der Waals surface area (Å²) in [6.07, 6.45) is 3.77. The molecule has 2 aromatic rings. The van der Waals surface area contributed by atoms with E-state index in [4.69, 9.17) is 4.74 Å². The van der Waals surface area contributed by atoms with Crippen LogP contribution in [0.15, 0.2) is 24.4 Å². The minimum Gasteiger partial charge on any atom is -0.489 e. The van der Waals surface area contributed by atoms with E-state index in [1.54, 1.807) is 12.1 Å². The summed E-state index contributed by atoms with van der Waals surface area (Å²) in [5, 5.41) is 5.23. The molecule has 1 aromatic carbocycles. The van der Waals surface area contributed by atoms with Gasteiger partial charge in [0, 0.05) is 42.5 Å². The zero-order chi connectivity index (χ0) is 25.4. The fourth-order valence-electron chi connectivity index (χ4n) is 5.07. The number of imide groups is 1. The van der Waals surface area contributed by atoms with Gasteiger partial charge < -0.3 is 10.1 Å². The first-order valence-corrected chi connectivity index (χ1v) is 12.2. The fourth-order valence-corrected chi connectivity index (χ4v) is 5.07. The Kier molecular flexibility index (Phi) is 6.33. The van der Waals surface area contributed by atoms with Gasteiger partial charge in [0.1, 0.15) is 17.8 Å². The Balaban J connectivity index is 1.33. The molecule has 0 aliphatic carbocycles. The number of rotatable bonds is 7. The van der Waals surface area contributed by atoms with Gasteiger partial charge in [-0.2, -0.15) is 4.98 Å². The van der Waals surface area contributed by atoms with E-state index in [9.17, 15) is 18.8 Å². The van der Waals surface area contributed by atoms with Crippen LogP contribution in [0, 0.1) is 11.2 Å². The Morgan fingerprint density at radius 2 is 1.97 bits per heavy atom. The Hall–Kier alpha value is -3.60. The van der Waals surface area contributed by atoms with Crippen molar-refractivity contribution in [2.45, 2.75) is 45.6 Å². The number of likely N-dealkylation sites (tertiary alicyclic amines) is 1. The highest BCUT2D eigenvalue weighted by Gasteiger charge is 2.58. The number of nitrogens with one attached hydrogen (secondary N) is 2. The summed E-state index contributed by atoms with van der Waals surface area (Å²) in [4.78, 5) is 50.4. The van der Waals surface area contributed by atoms with Crippen molar-refractivity contribution >= 4 is 35.2 Å². The van der Waals surface area contributed by atoms with E-state index < -0.39 is 29.0 Å². The lowest BCUT2D eigenvalue weighted by atomic mass is 9.76. The average molecular weight is 497 g/mol. The van der Waals surface area contributed by atoms with E-state index in [0.29, 0.717) is 23.7 Å². The summed E-state index contributed by atoms with van der Waals surface area (Å²) < 4.78 is 20.3. The first kappa shape index (κ1) is 24.1. The van der Waals surface area contributed by atoms with Crippen LogP contribution in [0.5, 0.6) is 5.75 Å². The van der Waals surface area contributed by atoms with Crippen LogP contribution in [0.2, 0.25) is 0 Å². The van der Waals surface area contributed by atoms with E-state index in [0.717, 1.165) is 19.6 Å². The van der Waals surface area contributed by atoms with Crippen molar-refractivity contribution in [1.82, 2.24) is 20.2 Å². The number of nitrogens with zero attached hydrogens (tertiary/aromatic N) is 4. The van der Waals surface area contributed by atoms with Gasteiger partial charge in [-0.1, -0.05) is 0 Å². The number of hydrogen-bond donors (Lipinski definition) is 2. The third kappa shape index (κ3) is 4.39. The van der Waals surface area contributed by atoms with E-state index in [2.05, 4.69) is 25.5 Å². The molecular weight excluding hydrogens is 467 g/mol. The summed E-state index contributed by atoms with van der Waals surface area (Å²) in [5.41, 5.74) is -0.457. The van der Waals surface area contributed by atoms with Gasteiger partial charge in [-0.3, -0.25) is 29.5 Å². The van der Waals surface area contributed by atoms with Crippen LogP contribution in [0.4, 0.5) is 21.8 Å². The molecule has 2 saturated heterocycles. The van der Waals surface area contributed by atoms with Gasteiger partial charge >= 0.3 is 0 Å². The number of carbonyl (C=O) groups excluding carboxylic acids is 3. The van der Waals surface area contributed by atoms with Crippen LogP contribution in [-0.2, 0) is 20.8 Å². The molecule has 2 N–H and O–H groups in total. The van der Waals surface area contributed by atoms with Gasteiger partial charge in [0.25, 0.3) is 0 Å². The normalized spacial score (nSPS) is 21.9. The van der Waals surface area contributed by atoms with Crippen LogP contribution in [0.25, 0.3) is 0 Å². The number of carbonyl (C=O) groups is 3. The number of ether oxygens (including phenoxy) is 1. The predicted octanol–water partition coefficient (Wildman–Crippen LogP) is 2.16. The van der Waals surface area contributed by atoms with Crippen molar-refractivity contribution in [3.63, 3.8) is 0 Å². The average Bonchev–Trinajstić information content (AvgIpc) is 3.44. The first-order valence-electron chi connectivity index (χ1n) is 12.2. The smallest absolute Gasteiger partial charge is 0.244 e. The van der Waals surface area contributed by atoms with Crippen molar-refractivity contribution in [3.8, 4) is 5.75 Å². The number of benzene rings is 1. The SMILES string of the molecule is CC(C)N1C(=O)C2(CC(=O)NC2=O)Cc2cnc(Nc3ccc(OCCN4CCCC4)c(F)c3)nc21. The third-order valence-corrected chi connectivity index (χ3v) is 6.91. The summed E-state index contributed by atoms with van der Waals surface area (Å²) in [6.45, 7) is 6.92. The van der Waals surface area contributed by atoms with Gasteiger partial charge in [-0.25, -0.2) is 9.37 Å². The Morgan fingerprint density at radius 1 is 1.19 bits per heavy atom. The lowest BCUT2D eigenvalue weighted by Crippen LogP contribution is -2.55. The van der Waals surface area contributed by atoms with Crippen LogP contribution in [0.3, 0.4) is 0 Å². The van der Waals surface area contributed by atoms with E-state index in [-0.39, 0.29) is 30.6 Å². The zero-order valence-electron chi connectivity index (χ0n) is 20.3. The fraction of sp³-hybridized carbons (Fsp3) is 0.480. The number of aromatic nitrogens is 2. The van der Waals surface area contributed by atoms with Gasteiger partial charge in [0.15, 0.2) is 11.6 Å². The quantitative estimate of drug-likeness (QED) is 0.443. The molecule has 0 radical (unpaired) electrons. The molecule has 5 rings (SSSR count). The predicted molar refractivity (Wildman–Crippen MR) is 129 cm³/mol. The molecule has 11 heteroatoms. The number of amides is 3. The second kappa shape index (κ2) is 9.45. The summed E-state index contributed by atoms with van der Waals surface area (Å²) in [5.74, 6) is -1.29. The van der Waals surface area contributed by atoms with E-state index >= 15 is 0 Å². The maximum atomic E-state index is 14.6. The number of fused-ring (bicyclic) bond motifs is 1. The minimum absolute atomic E-state index is 0.0420. The Labute approximate surface area is 208 Å². The highest BCUT2D eigenvalue weighted by Crippen LogP contribution is 2.42. The lowest BCUT2D eigenvalue weighted by molar-refractivity contribution is -0.140. The summed E-state index contributed by atoms with van der Waals surface area (Å²) in [7, 11) is 0.